The van der Waals surface area contributed by atoms with E-state index >= 15 is 0 Å². The molecule has 0 radical (unpaired) electrons. The molecule has 1 aromatic carbocycles. The fourth-order valence-electron chi connectivity index (χ4n) is 2.03. The van der Waals surface area contributed by atoms with Crippen LogP contribution in [0.3, 0.4) is 0 Å². The van der Waals surface area contributed by atoms with E-state index in [2.05, 4.69) is 40.5 Å². The van der Waals surface area contributed by atoms with Crippen LogP contribution in [-0.4, -0.2) is 35.6 Å². The molecule has 0 aromatic heterocycles. The molecule has 17 heavy (non-hydrogen) atoms. The largest absolute Gasteiger partial charge is 0.394 e. The molecule has 0 saturated heterocycles. The normalized spacial score (nSPS) is 17.9. The van der Waals surface area contributed by atoms with Crippen molar-refractivity contribution < 1.29 is 5.11 Å². The van der Waals surface area contributed by atoms with E-state index in [0.29, 0.717) is 6.54 Å². The van der Waals surface area contributed by atoms with Gasteiger partial charge >= 0.3 is 0 Å². The Morgan fingerprint density at radius 3 is 3.00 bits per heavy atom. The Bertz CT molecular complexity index is 403. The summed E-state index contributed by atoms with van der Waals surface area (Å²) in [6.45, 7) is 4.58. The third kappa shape index (κ3) is 2.84. The van der Waals surface area contributed by atoms with E-state index in [0.717, 1.165) is 30.9 Å². The summed E-state index contributed by atoms with van der Waals surface area (Å²) in [4.78, 5) is 4.39. The Morgan fingerprint density at radius 2 is 2.24 bits per heavy atom. The predicted octanol–water partition coefficient (Wildman–Crippen LogP) is 1.16. The summed E-state index contributed by atoms with van der Waals surface area (Å²) in [5.41, 5.74) is 5.75. The van der Waals surface area contributed by atoms with Crippen LogP contribution in [0.2, 0.25) is 0 Å². The molecule has 0 atom stereocenters. The summed E-state index contributed by atoms with van der Waals surface area (Å²) in [5, 5.41) is 11.0. The van der Waals surface area contributed by atoms with Gasteiger partial charge in [-0.05, 0) is 12.0 Å². The fraction of sp³-hybridized carbons (Fsp3) is 0.462. The van der Waals surface area contributed by atoms with E-state index in [1.165, 1.54) is 5.56 Å². The van der Waals surface area contributed by atoms with Gasteiger partial charge in [-0.2, -0.15) is 0 Å². The van der Waals surface area contributed by atoms with E-state index in [9.17, 15) is 0 Å². The van der Waals surface area contributed by atoms with Gasteiger partial charge in [0.05, 0.1) is 13.2 Å². The van der Waals surface area contributed by atoms with E-state index in [4.69, 9.17) is 5.11 Å². The minimum Gasteiger partial charge on any atom is -0.394 e. The average Bonchev–Trinajstić information content (AvgIpc) is 2.36. The van der Waals surface area contributed by atoms with Gasteiger partial charge in [-0.15, -0.1) is 0 Å². The van der Waals surface area contributed by atoms with Gasteiger partial charge in [0.25, 0.3) is 0 Å². The molecule has 2 N–H and O–H groups in total. The maximum Gasteiger partial charge on any atom is 0.143 e. The van der Waals surface area contributed by atoms with E-state index < -0.39 is 0 Å². The minimum absolute atomic E-state index is 0.0844. The first-order chi connectivity index (χ1) is 8.35. The third-order valence-electron chi connectivity index (χ3n) is 2.76. The Hall–Kier alpha value is -1.39. The second-order valence-electron chi connectivity index (χ2n) is 4.14. The van der Waals surface area contributed by atoms with Crippen molar-refractivity contribution in [2.24, 2.45) is 4.99 Å². The number of hydrazine groups is 1. The number of hydrogen-bond donors (Lipinski definition) is 2. The van der Waals surface area contributed by atoms with Crippen LogP contribution in [0.15, 0.2) is 29.3 Å². The molecule has 0 spiro atoms. The molecule has 0 unspecified atom stereocenters. The quantitative estimate of drug-likeness (QED) is 0.820. The second kappa shape index (κ2) is 5.80. The van der Waals surface area contributed by atoms with Crippen molar-refractivity contribution in [1.82, 2.24) is 10.4 Å². The van der Waals surface area contributed by atoms with Crippen LogP contribution in [0, 0.1) is 0 Å². The minimum atomic E-state index is 0.0844. The highest BCUT2D eigenvalue weighted by Crippen LogP contribution is 2.16. The summed E-state index contributed by atoms with van der Waals surface area (Å²) in [6.07, 6.45) is 1.10. The van der Waals surface area contributed by atoms with Crippen LogP contribution < -0.4 is 5.43 Å². The van der Waals surface area contributed by atoms with Crippen molar-refractivity contribution >= 4 is 5.84 Å². The van der Waals surface area contributed by atoms with E-state index in [1.807, 2.05) is 6.07 Å². The molecular weight excluding hydrogens is 214 g/mol. The molecule has 4 nitrogen and oxygen atoms in total. The van der Waals surface area contributed by atoms with Crippen LogP contribution in [-0.2, 0) is 6.54 Å². The van der Waals surface area contributed by atoms with Crippen molar-refractivity contribution in [3.05, 3.63) is 35.4 Å². The summed E-state index contributed by atoms with van der Waals surface area (Å²) >= 11 is 0. The summed E-state index contributed by atoms with van der Waals surface area (Å²) in [5.74, 6) is 0.870. The number of nitrogens with zero attached hydrogens (tertiary/aromatic N) is 2. The van der Waals surface area contributed by atoms with Gasteiger partial charge in [0.1, 0.15) is 5.84 Å². The van der Waals surface area contributed by atoms with Crippen LogP contribution >= 0.6 is 0 Å². The molecule has 0 aliphatic carbocycles. The van der Waals surface area contributed by atoms with Crippen LogP contribution in [0.4, 0.5) is 0 Å². The lowest BCUT2D eigenvalue weighted by Gasteiger charge is -2.31. The van der Waals surface area contributed by atoms with Crippen LogP contribution in [0.5, 0.6) is 0 Å². The number of nitrogens with one attached hydrogen (secondary N) is 1. The van der Waals surface area contributed by atoms with Gasteiger partial charge < -0.3 is 10.5 Å². The van der Waals surface area contributed by atoms with Crippen LogP contribution in [0.25, 0.3) is 0 Å². The number of aliphatic hydroxyl groups is 1. The fourth-order valence-corrected chi connectivity index (χ4v) is 2.03. The lowest BCUT2D eigenvalue weighted by atomic mass is 10.0. The SMILES string of the molecule is CCCN1Cc2ccccc2C(=NCCO)N1. The zero-order chi connectivity index (χ0) is 12.1. The molecule has 92 valence electrons. The topological polar surface area (TPSA) is 47.9 Å². The lowest BCUT2D eigenvalue weighted by Crippen LogP contribution is -2.46. The molecule has 2 rings (SSSR count). The molecule has 1 aliphatic rings. The monoisotopic (exact) mass is 233 g/mol. The zero-order valence-corrected chi connectivity index (χ0v) is 10.2. The third-order valence-corrected chi connectivity index (χ3v) is 2.76. The maximum absolute atomic E-state index is 8.87. The molecule has 0 bridgehead atoms. The van der Waals surface area contributed by atoms with Gasteiger partial charge in [-0.3, -0.25) is 4.99 Å². The zero-order valence-electron chi connectivity index (χ0n) is 10.2. The molecular formula is C13H19N3O. The van der Waals surface area contributed by atoms with Crippen LogP contribution in [0.1, 0.15) is 24.5 Å². The Labute approximate surface area is 102 Å². The number of rotatable bonds is 4. The molecule has 0 amide bonds. The Kier molecular flexibility index (Phi) is 4.12. The van der Waals surface area contributed by atoms with Crippen molar-refractivity contribution in [3.8, 4) is 0 Å². The highest BCUT2D eigenvalue weighted by atomic mass is 16.3. The number of amidine groups is 1. The number of benzene rings is 1. The molecule has 1 aliphatic heterocycles. The molecule has 4 heteroatoms. The number of hydrogen-bond acceptors (Lipinski definition) is 3. The molecule has 1 aromatic rings. The highest BCUT2D eigenvalue weighted by molar-refractivity contribution is 6.00. The number of aliphatic hydroxyl groups excluding tert-OH is 1. The highest BCUT2D eigenvalue weighted by Gasteiger charge is 2.19. The van der Waals surface area contributed by atoms with Gasteiger partial charge in [0.15, 0.2) is 0 Å². The molecule has 0 saturated carbocycles. The Morgan fingerprint density at radius 1 is 1.41 bits per heavy atom. The van der Waals surface area contributed by atoms with Crippen molar-refractivity contribution in [1.29, 1.82) is 0 Å². The molecule has 1 heterocycles. The van der Waals surface area contributed by atoms with Gasteiger partial charge in [-0.1, -0.05) is 31.2 Å². The smallest absolute Gasteiger partial charge is 0.143 e. The predicted molar refractivity (Wildman–Crippen MR) is 68.8 cm³/mol. The van der Waals surface area contributed by atoms with Gasteiger partial charge in [0.2, 0.25) is 0 Å². The summed E-state index contributed by atoms with van der Waals surface area (Å²) in [6, 6.07) is 8.28. The van der Waals surface area contributed by atoms with Gasteiger partial charge in [0, 0.05) is 18.7 Å². The Balaban J connectivity index is 2.26. The summed E-state index contributed by atoms with van der Waals surface area (Å²) in [7, 11) is 0. The van der Waals surface area contributed by atoms with Gasteiger partial charge in [-0.25, -0.2) is 5.01 Å². The number of aliphatic imine (C=N–C) groups is 1. The summed E-state index contributed by atoms with van der Waals surface area (Å²) < 4.78 is 0. The first kappa shape index (κ1) is 12.1. The lowest BCUT2D eigenvalue weighted by molar-refractivity contribution is 0.218. The standard InChI is InChI=1S/C13H19N3O/c1-2-8-16-10-11-5-3-4-6-12(11)13(15-16)14-7-9-17/h3-6,17H,2,7-10H2,1H3,(H,14,15). The van der Waals surface area contributed by atoms with Crippen molar-refractivity contribution in [3.63, 3.8) is 0 Å². The first-order valence-electron chi connectivity index (χ1n) is 6.10. The first-order valence-corrected chi connectivity index (χ1v) is 6.10. The van der Waals surface area contributed by atoms with Crippen molar-refractivity contribution in [2.45, 2.75) is 19.9 Å². The molecule has 0 fully saturated rings. The van der Waals surface area contributed by atoms with E-state index in [-0.39, 0.29) is 6.61 Å². The number of fused-ring (bicyclic) bond motifs is 1. The maximum atomic E-state index is 8.87. The van der Waals surface area contributed by atoms with Crippen molar-refractivity contribution in [2.75, 3.05) is 19.7 Å². The van der Waals surface area contributed by atoms with E-state index in [1.54, 1.807) is 0 Å². The second-order valence-corrected chi connectivity index (χ2v) is 4.14. The average molecular weight is 233 g/mol.